The molecular formula is C19H22N4O2. The highest BCUT2D eigenvalue weighted by Gasteiger charge is 2.21. The molecule has 1 aromatic heterocycles. The molecule has 0 unspecified atom stereocenters. The molecule has 0 atom stereocenters. The van der Waals surface area contributed by atoms with Gasteiger partial charge >= 0.3 is 0 Å². The largest absolute Gasteiger partial charge is 0.355 e. The van der Waals surface area contributed by atoms with Crippen LogP contribution < -0.4 is 5.32 Å². The zero-order chi connectivity index (χ0) is 17.8. The first kappa shape index (κ1) is 17.1. The number of pyridine rings is 1. The lowest BCUT2D eigenvalue weighted by Gasteiger charge is -2.32. The summed E-state index contributed by atoms with van der Waals surface area (Å²) in [6.07, 6.45) is 1.63. The monoisotopic (exact) mass is 338 g/mol. The number of aromatic nitrogens is 1. The first-order chi connectivity index (χ1) is 12.0. The summed E-state index contributed by atoms with van der Waals surface area (Å²) in [7, 11) is 2.06. The van der Waals surface area contributed by atoms with Crippen molar-refractivity contribution in [2.75, 3.05) is 38.5 Å². The molecule has 1 aromatic carbocycles. The second kappa shape index (κ2) is 7.44. The van der Waals surface area contributed by atoms with E-state index >= 15 is 0 Å². The maximum Gasteiger partial charge on any atom is 0.272 e. The minimum absolute atomic E-state index is 0.0375. The predicted octanol–water partition coefficient (Wildman–Crippen LogP) is 2.42. The van der Waals surface area contributed by atoms with Gasteiger partial charge in [-0.2, -0.15) is 0 Å². The van der Waals surface area contributed by atoms with Crippen LogP contribution >= 0.6 is 0 Å². The second-order valence-corrected chi connectivity index (χ2v) is 6.28. The van der Waals surface area contributed by atoms with Crippen molar-refractivity contribution in [1.82, 2.24) is 14.8 Å². The summed E-state index contributed by atoms with van der Waals surface area (Å²) in [6.45, 7) is 4.75. The van der Waals surface area contributed by atoms with Crippen molar-refractivity contribution in [3.63, 3.8) is 0 Å². The normalized spacial score (nSPS) is 15.0. The average Bonchev–Trinajstić information content (AvgIpc) is 2.62. The van der Waals surface area contributed by atoms with E-state index in [2.05, 4.69) is 22.2 Å². The van der Waals surface area contributed by atoms with Gasteiger partial charge in [-0.15, -0.1) is 0 Å². The van der Waals surface area contributed by atoms with Gasteiger partial charge in [0.25, 0.3) is 5.91 Å². The molecule has 1 fully saturated rings. The fourth-order valence-corrected chi connectivity index (χ4v) is 2.75. The number of nitrogens with zero attached hydrogens (tertiary/aromatic N) is 3. The van der Waals surface area contributed by atoms with Crippen molar-refractivity contribution in [3.8, 4) is 0 Å². The average molecular weight is 338 g/mol. The third kappa shape index (κ3) is 4.22. The number of Topliss-reactive ketones (excluding diaryl/α,β-unsaturated/α-hetero) is 1. The van der Waals surface area contributed by atoms with Crippen LogP contribution in [-0.2, 0) is 0 Å². The van der Waals surface area contributed by atoms with E-state index in [9.17, 15) is 9.59 Å². The van der Waals surface area contributed by atoms with Gasteiger partial charge in [-0.1, -0.05) is 0 Å². The van der Waals surface area contributed by atoms with Gasteiger partial charge in [0.2, 0.25) is 0 Å². The molecule has 1 aliphatic heterocycles. The third-order valence-electron chi connectivity index (χ3n) is 4.35. The van der Waals surface area contributed by atoms with Gasteiger partial charge in [-0.05, 0) is 50.4 Å². The van der Waals surface area contributed by atoms with Crippen LogP contribution in [-0.4, -0.2) is 59.7 Å². The number of anilines is 2. The minimum atomic E-state index is -0.0383. The molecule has 1 saturated heterocycles. The molecular weight excluding hydrogens is 316 g/mol. The van der Waals surface area contributed by atoms with Crippen LogP contribution in [0.5, 0.6) is 0 Å². The number of carbonyl (C=O) groups excluding carboxylic acids is 2. The molecule has 0 aliphatic carbocycles. The summed E-state index contributed by atoms with van der Waals surface area (Å²) in [4.78, 5) is 32.2. The van der Waals surface area contributed by atoms with Crippen LogP contribution in [0.25, 0.3) is 0 Å². The number of ketones is 1. The van der Waals surface area contributed by atoms with E-state index in [-0.39, 0.29) is 11.7 Å². The number of benzene rings is 1. The zero-order valence-corrected chi connectivity index (χ0v) is 14.5. The van der Waals surface area contributed by atoms with Crippen LogP contribution in [0.3, 0.4) is 0 Å². The Bertz CT molecular complexity index is 765. The van der Waals surface area contributed by atoms with Crippen molar-refractivity contribution in [1.29, 1.82) is 0 Å². The Morgan fingerprint density at radius 2 is 1.68 bits per heavy atom. The molecule has 6 heteroatoms. The van der Waals surface area contributed by atoms with Crippen LogP contribution in [0.15, 0.2) is 42.6 Å². The molecule has 0 saturated carbocycles. The van der Waals surface area contributed by atoms with E-state index in [1.807, 2.05) is 23.1 Å². The first-order valence-electron chi connectivity index (χ1n) is 8.35. The molecule has 1 amide bonds. The first-order valence-corrected chi connectivity index (χ1v) is 8.35. The Morgan fingerprint density at radius 3 is 2.32 bits per heavy atom. The van der Waals surface area contributed by atoms with E-state index in [0.29, 0.717) is 11.3 Å². The number of rotatable bonds is 4. The highest BCUT2D eigenvalue weighted by atomic mass is 16.2. The fraction of sp³-hybridized carbons (Fsp3) is 0.316. The van der Waals surface area contributed by atoms with Crippen LogP contribution in [0.1, 0.15) is 27.8 Å². The summed E-state index contributed by atoms with van der Waals surface area (Å²) < 4.78 is 0. The van der Waals surface area contributed by atoms with Gasteiger partial charge in [-0.25, -0.2) is 0 Å². The van der Waals surface area contributed by atoms with Crippen LogP contribution in [0.2, 0.25) is 0 Å². The van der Waals surface area contributed by atoms with Crippen molar-refractivity contribution in [3.05, 3.63) is 53.9 Å². The molecule has 0 radical (unpaired) electrons. The quantitative estimate of drug-likeness (QED) is 0.867. The Kier molecular flexibility index (Phi) is 5.09. The highest BCUT2D eigenvalue weighted by molar-refractivity contribution is 5.95. The lowest BCUT2D eigenvalue weighted by atomic mass is 10.1. The Morgan fingerprint density at radius 1 is 1.00 bits per heavy atom. The molecule has 3 rings (SSSR count). The van der Waals surface area contributed by atoms with Crippen molar-refractivity contribution >= 4 is 23.1 Å². The van der Waals surface area contributed by atoms with Gasteiger partial charge in [0, 0.05) is 49.3 Å². The summed E-state index contributed by atoms with van der Waals surface area (Å²) in [5, 5.41) is 3.25. The van der Waals surface area contributed by atoms with Gasteiger partial charge in [0.05, 0.1) is 0 Å². The minimum Gasteiger partial charge on any atom is -0.355 e. The SMILES string of the molecule is CC(=O)c1ccc(Nc2ccnc(C(=O)N3CCN(C)CC3)c2)cc1. The standard InChI is InChI=1S/C19H22N4O2/c1-14(24)15-3-5-16(6-4-15)21-17-7-8-20-18(13-17)19(25)23-11-9-22(2)10-12-23/h3-8,13H,9-12H2,1-2H3,(H,20,21). The van der Waals surface area contributed by atoms with E-state index in [0.717, 1.165) is 37.6 Å². The Hall–Kier alpha value is -2.73. The molecule has 0 bridgehead atoms. The second-order valence-electron chi connectivity index (χ2n) is 6.28. The number of likely N-dealkylation sites (N-methyl/N-ethyl adjacent to an activating group) is 1. The number of piperazine rings is 1. The zero-order valence-electron chi connectivity index (χ0n) is 14.5. The molecule has 130 valence electrons. The Balaban J connectivity index is 1.70. The molecule has 1 aliphatic rings. The molecule has 25 heavy (non-hydrogen) atoms. The number of hydrogen-bond acceptors (Lipinski definition) is 5. The molecule has 1 N–H and O–H groups in total. The topological polar surface area (TPSA) is 65.5 Å². The highest BCUT2D eigenvalue weighted by Crippen LogP contribution is 2.18. The van der Waals surface area contributed by atoms with E-state index in [1.54, 1.807) is 31.3 Å². The van der Waals surface area contributed by atoms with Crippen molar-refractivity contribution in [2.45, 2.75) is 6.92 Å². The maximum atomic E-state index is 12.6. The number of nitrogens with one attached hydrogen (secondary N) is 1. The van der Waals surface area contributed by atoms with Crippen molar-refractivity contribution in [2.24, 2.45) is 0 Å². The van der Waals surface area contributed by atoms with E-state index < -0.39 is 0 Å². The predicted molar refractivity (Wildman–Crippen MR) is 97.4 cm³/mol. The summed E-state index contributed by atoms with van der Waals surface area (Å²) in [5.74, 6) is -0.000743. The van der Waals surface area contributed by atoms with Crippen molar-refractivity contribution < 1.29 is 9.59 Å². The maximum absolute atomic E-state index is 12.6. The van der Waals surface area contributed by atoms with Gasteiger partial charge in [0.1, 0.15) is 5.69 Å². The van der Waals surface area contributed by atoms with Crippen LogP contribution in [0.4, 0.5) is 11.4 Å². The molecule has 2 heterocycles. The summed E-state index contributed by atoms with van der Waals surface area (Å²) >= 11 is 0. The Labute approximate surface area is 147 Å². The fourth-order valence-electron chi connectivity index (χ4n) is 2.75. The number of hydrogen-bond donors (Lipinski definition) is 1. The lowest BCUT2D eigenvalue weighted by Crippen LogP contribution is -2.47. The third-order valence-corrected chi connectivity index (χ3v) is 4.35. The number of amides is 1. The molecule has 2 aromatic rings. The molecule has 6 nitrogen and oxygen atoms in total. The van der Waals surface area contributed by atoms with Gasteiger partial charge in [0.15, 0.2) is 5.78 Å². The molecule has 0 spiro atoms. The van der Waals surface area contributed by atoms with Gasteiger partial charge < -0.3 is 15.1 Å². The number of carbonyl (C=O) groups is 2. The van der Waals surface area contributed by atoms with Gasteiger partial charge in [-0.3, -0.25) is 14.6 Å². The smallest absolute Gasteiger partial charge is 0.272 e. The van der Waals surface area contributed by atoms with E-state index in [4.69, 9.17) is 0 Å². The summed E-state index contributed by atoms with van der Waals surface area (Å²) in [6, 6.07) is 10.8. The van der Waals surface area contributed by atoms with E-state index in [1.165, 1.54) is 0 Å². The lowest BCUT2D eigenvalue weighted by molar-refractivity contribution is 0.0658. The van der Waals surface area contributed by atoms with Crippen LogP contribution in [0, 0.1) is 0 Å². The summed E-state index contributed by atoms with van der Waals surface area (Å²) in [5.41, 5.74) is 2.76.